The molecule has 3 rings (SSSR count). The fourth-order valence-corrected chi connectivity index (χ4v) is 4.61. The number of hydrogen-bond acceptors (Lipinski definition) is 9. The molecule has 0 bridgehead atoms. The van der Waals surface area contributed by atoms with Crippen molar-refractivity contribution in [1.29, 1.82) is 5.41 Å². The van der Waals surface area contributed by atoms with Gasteiger partial charge in [-0.1, -0.05) is 17.3 Å². The van der Waals surface area contributed by atoms with Crippen LogP contribution in [0.15, 0.2) is 39.3 Å². The van der Waals surface area contributed by atoms with Crippen LogP contribution >= 0.6 is 11.5 Å². The normalized spacial score (nSPS) is 15.0. The van der Waals surface area contributed by atoms with E-state index in [9.17, 15) is 13.2 Å². The molecule has 1 heterocycles. The van der Waals surface area contributed by atoms with Crippen molar-refractivity contribution in [2.45, 2.75) is 29.9 Å². The summed E-state index contributed by atoms with van der Waals surface area (Å²) >= 11 is 1.01. The number of carbonyl (C=O) groups is 1. The number of aryl methyl sites for hydroxylation is 1. The van der Waals surface area contributed by atoms with Crippen LogP contribution in [0.4, 0.5) is 5.13 Å². The molecule has 1 amide bonds. The van der Waals surface area contributed by atoms with Crippen LogP contribution in [0, 0.1) is 12.3 Å². The van der Waals surface area contributed by atoms with Crippen LogP contribution in [-0.4, -0.2) is 53.4 Å². The third kappa shape index (κ3) is 5.24. The van der Waals surface area contributed by atoms with E-state index in [0.29, 0.717) is 24.2 Å². The molecule has 1 fully saturated rings. The Morgan fingerprint density at radius 1 is 1.40 bits per heavy atom. The summed E-state index contributed by atoms with van der Waals surface area (Å²) in [7, 11) is -3.35. The van der Waals surface area contributed by atoms with E-state index < -0.39 is 15.7 Å². The Morgan fingerprint density at radius 2 is 2.10 bits per heavy atom. The topological polar surface area (TPSA) is 173 Å². The van der Waals surface area contributed by atoms with Crippen LogP contribution < -0.4 is 11.1 Å². The molecule has 0 spiro atoms. The van der Waals surface area contributed by atoms with Crippen molar-refractivity contribution in [3.63, 3.8) is 0 Å². The van der Waals surface area contributed by atoms with Crippen molar-refractivity contribution < 1.29 is 18.0 Å². The van der Waals surface area contributed by atoms with E-state index in [-0.39, 0.29) is 33.4 Å². The van der Waals surface area contributed by atoms with Crippen molar-refractivity contribution in [2.24, 2.45) is 15.9 Å². The van der Waals surface area contributed by atoms with Crippen molar-refractivity contribution in [2.75, 3.05) is 11.9 Å². The maximum atomic E-state index is 12.7. The molecule has 0 unspecified atom stereocenters. The Bertz CT molecular complexity index is 1100. The number of anilines is 1. The fraction of sp³-hybridized carbons (Fsp3) is 0.294. The number of hydrogen-bond donors (Lipinski definition) is 3. The Labute approximate surface area is 176 Å². The highest BCUT2D eigenvalue weighted by Gasteiger charge is 2.36. The van der Waals surface area contributed by atoms with E-state index in [1.165, 1.54) is 24.3 Å². The molecule has 1 saturated carbocycles. The molecular formula is C17H19N7O4S2. The number of carbonyl (C=O) groups excluding carboxylic acids is 1. The van der Waals surface area contributed by atoms with Crippen LogP contribution in [0.2, 0.25) is 0 Å². The molecule has 1 aromatic heterocycles. The Kier molecular flexibility index (Phi) is 6.52. The smallest absolute Gasteiger partial charge is 0.280 e. The van der Waals surface area contributed by atoms with Crippen molar-refractivity contribution >= 4 is 50.3 Å². The van der Waals surface area contributed by atoms with Gasteiger partial charge in [0.25, 0.3) is 5.91 Å². The zero-order valence-corrected chi connectivity index (χ0v) is 17.5. The van der Waals surface area contributed by atoms with Gasteiger partial charge < -0.3 is 10.6 Å². The lowest BCUT2D eigenvalue weighted by Gasteiger charge is -2.08. The lowest BCUT2D eigenvalue weighted by atomic mass is 10.1. The molecule has 13 heteroatoms. The summed E-state index contributed by atoms with van der Waals surface area (Å²) in [5, 5.41) is 13.2. The summed E-state index contributed by atoms with van der Waals surface area (Å²) in [6, 6.07) is 5.84. The minimum atomic E-state index is -3.35. The summed E-state index contributed by atoms with van der Waals surface area (Å²) in [4.78, 5) is 25.6. The second kappa shape index (κ2) is 9.09. The summed E-state index contributed by atoms with van der Waals surface area (Å²) in [5.74, 6) is -0.110. The molecule has 30 heavy (non-hydrogen) atoms. The number of nitrogens with zero attached hydrogens (tertiary/aromatic N) is 4. The number of oxime groups is 1. The number of sulfone groups is 1. The minimum Gasteiger partial charge on any atom is -0.387 e. The molecule has 4 N–H and O–H groups in total. The van der Waals surface area contributed by atoms with E-state index in [0.717, 1.165) is 17.9 Å². The maximum absolute atomic E-state index is 12.7. The van der Waals surface area contributed by atoms with Gasteiger partial charge in [-0.25, -0.2) is 18.4 Å². The van der Waals surface area contributed by atoms with Gasteiger partial charge >= 0.3 is 0 Å². The van der Waals surface area contributed by atoms with Gasteiger partial charge in [0.2, 0.25) is 5.13 Å². The number of amidine groups is 1. The zero-order chi connectivity index (χ0) is 21.7. The number of rotatable bonds is 9. The molecule has 1 aromatic carbocycles. The minimum absolute atomic E-state index is 0.000804. The average molecular weight is 450 g/mol. The molecule has 0 atom stereocenters. The predicted molar refractivity (Wildman–Crippen MR) is 113 cm³/mol. The quantitative estimate of drug-likeness (QED) is 0.292. The van der Waals surface area contributed by atoms with Gasteiger partial charge in [0.05, 0.1) is 10.1 Å². The third-order valence-corrected chi connectivity index (χ3v) is 6.98. The van der Waals surface area contributed by atoms with Crippen LogP contribution in [0.1, 0.15) is 24.2 Å². The number of aliphatic imine (C=N–C) groups is 1. The van der Waals surface area contributed by atoms with Gasteiger partial charge in [0, 0.05) is 17.1 Å². The fourth-order valence-electron chi connectivity index (χ4n) is 2.39. The van der Waals surface area contributed by atoms with E-state index in [1.807, 2.05) is 0 Å². The highest BCUT2D eigenvalue weighted by molar-refractivity contribution is 7.92. The predicted octanol–water partition coefficient (Wildman–Crippen LogP) is 1.11. The van der Waals surface area contributed by atoms with Crippen LogP contribution in [-0.2, 0) is 19.5 Å². The highest BCUT2D eigenvalue weighted by Crippen LogP contribution is 2.33. The molecule has 1 aliphatic rings. The monoisotopic (exact) mass is 449 g/mol. The molecule has 2 aromatic rings. The molecule has 1 aliphatic carbocycles. The van der Waals surface area contributed by atoms with Crippen molar-refractivity contribution in [3.05, 3.63) is 35.7 Å². The van der Waals surface area contributed by atoms with Gasteiger partial charge in [-0.05, 0) is 31.9 Å². The molecule has 0 saturated heterocycles. The Morgan fingerprint density at radius 3 is 2.67 bits per heavy atom. The van der Waals surface area contributed by atoms with Crippen LogP contribution in [0.3, 0.4) is 0 Å². The number of benzene rings is 1. The first-order valence-corrected chi connectivity index (χ1v) is 11.1. The lowest BCUT2D eigenvalue weighted by Crippen LogP contribution is -2.25. The molecule has 0 aliphatic heterocycles. The van der Waals surface area contributed by atoms with Crippen molar-refractivity contribution in [3.8, 4) is 0 Å². The largest absolute Gasteiger partial charge is 0.387 e. The molecule has 0 radical (unpaired) electrons. The summed E-state index contributed by atoms with van der Waals surface area (Å²) in [6.45, 7) is 1.45. The maximum Gasteiger partial charge on any atom is 0.280 e. The van der Waals surface area contributed by atoms with Gasteiger partial charge in [0.15, 0.2) is 22.2 Å². The zero-order valence-electron chi connectivity index (χ0n) is 15.9. The van der Waals surface area contributed by atoms with E-state index in [4.69, 9.17) is 16.0 Å². The first-order chi connectivity index (χ1) is 14.3. The van der Waals surface area contributed by atoms with Gasteiger partial charge in [0.1, 0.15) is 18.0 Å². The summed E-state index contributed by atoms with van der Waals surface area (Å²) in [6.07, 6.45) is 2.08. The molecular weight excluding hydrogens is 430 g/mol. The van der Waals surface area contributed by atoms with Crippen molar-refractivity contribution in [1.82, 2.24) is 9.36 Å². The third-order valence-electron chi connectivity index (χ3n) is 3.98. The first-order valence-electron chi connectivity index (χ1n) is 8.78. The standard InChI is InChI=1S/C17H19N7O4S2/c1-10-21-17(29-24-10)22-16(25)15(23-28-8-14(19)20-9-18)11-2-4-12(5-3-11)30(26,27)13-6-7-13/h2-5,9,13H,6-8H2,1H3,(H3,18,19,20)(H,21,22,24,25)/b23-15+. The van der Waals surface area contributed by atoms with Gasteiger partial charge in [-0.3, -0.25) is 15.5 Å². The van der Waals surface area contributed by atoms with Gasteiger partial charge in [-0.15, -0.1) is 0 Å². The second-order valence-electron chi connectivity index (χ2n) is 6.33. The molecule has 11 nitrogen and oxygen atoms in total. The number of nitrogens with two attached hydrogens (primary N) is 1. The van der Waals surface area contributed by atoms with Crippen LogP contribution in [0.5, 0.6) is 0 Å². The van der Waals surface area contributed by atoms with Gasteiger partial charge in [-0.2, -0.15) is 4.37 Å². The summed E-state index contributed by atoms with van der Waals surface area (Å²) in [5.41, 5.74) is 5.76. The average Bonchev–Trinajstić information content (AvgIpc) is 3.49. The molecule has 158 valence electrons. The SMILES string of the molecule is Cc1nsc(NC(=O)/C(=N/OCC(N)=NC=N)c2ccc(S(=O)(=O)C3CC3)cc2)n1. The van der Waals surface area contributed by atoms with E-state index in [2.05, 4.69) is 24.8 Å². The first kappa shape index (κ1) is 21.5. The Balaban J connectivity index is 1.84. The van der Waals surface area contributed by atoms with E-state index >= 15 is 0 Å². The number of aromatic nitrogens is 2. The highest BCUT2D eigenvalue weighted by atomic mass is 32.2. The number of nitrogens with one attached hydrogen (secondary N) is 2. The Hall–Kier alpha value is -3.19. The van der Waals surface area contributed by atoms with E-state index in [1.54, 1.807) is 6.92 Å². The number of amides is 1. The van der Waals surface area contributed by atoms with Crippen LogP contribution in [0.25, 0.3) is 0 Å². The lowest BCUT2D eigenvalue weighted by molar-refractivity contribution is -0.110. The summed E-state index contributed by atoms with van der Waals surface area (Å²) < 4.78 is 28.7. The second-order valence-corrected chi connectivity index (χ2v) is 9.31.